The molecule has 1 aliphatic heterocycles. The molecule has 7 nitrogen and oxygen atoms in total. The van der Waals surface area contributed by atoms with Crippen molar-refractivity contribution in [3.05, 3.63) is 95.6 Å². The van der Waals surface area contributed by atoms with Crippen molar-refractivity contribution in [1.29, 1.82) is 0 Å². The SMILES string of the molecule is C=C1[C@H](n2ccc(N)nc2=O)O[C@H](CO[Si](c2ccccc2)(c2ccccc2)C(C)(C)C)[C@H]1O. The Labute approximate surface area is 200 Å². The van der Waals surface area contributed by atoms with Crippen LogP contribution in [0.5, 0.6) is 0 Å². The van der Waals surface area contributed by atoms with Crippen molar-refractivity contribution in [3.63, 3.8) is 0 Å². The zero-order chi connectivity index (χ0) is 24.5. The lowest BCUT2D eigenvalue weighted by atomic mass is 10.1. The molecule has 34 heavy (non-hydrogen) atoms. The standard InChI is InChI=1S/C26H31N3O4Si/c1-18-23(30)21(33-24(18)29-16-15-22(27)28-25(29)31)17-32-34(26(2,3)4,19-11-7-5-8-12-19)20-13-9-6-10-14-20/h5-16,21,23-24,30H,1,17H2,2-4H3,(H2,27,28,31)/t21-,23+,24-/m1/s1. The molecule has 0 saturated carbocycles. The number of aromatic nitrogens is 2. The van der Waals surface area contributed by atoms with Crippen molar-refractivity contribution >= 4 is 24.5 Å². The van der Waals surface area contributed by atoms with Gasteiger partial charge in [0.2, 0.25) is 0 Å². The minimum absolute atomic E-state index is 0.122. The topological polar surface area (TPSA) is 99.6 Å². The Kier molecular flexibility index (Phi) is 6.59. The predicted octanol–water partition coefficient (Wildman–Crippen LogP) is 2.22. The first-order chi connectivity index (χ1) is 16.1. The van der Waals surface area contributed by atoms with Crippen LogP contribution < -0.4 is 21.8 Å². The summed E-state index contributed by atoms with van der Waals surface area (Å²) in [5, 5.41) is 13.0. The maximum Gasteiger partial charge on any atom is 0.351 e. The molecule has 4 rings (SSSR count). The first kappa shape index (κ1) is 24.1. The molecule has 1 aliphatic rings. The number of ether oxygens (including phenoxy) is 1. The van der Waals surface area contributed by atoms with E-state index in [0.717, 1.165) is 10.4 Å². The van der Waals surface area contributed by atoms with Gasteiger partial charge in [-0.25, -0.2) is 4.79 Å². The normalized spacial score (nSPS) is 21.1. The van der Waals surface area contributed by atoms with E-state index in [1.165, 1.54) is 16.8 Å². The van der Waals surface area contributed by atoms with Gasteiger partial charge in [0, 0.05) is 11.8 Å². The summed E-state index contributed by atoms with van der Waals surface area (Å²) in [4.78, 5) is 16.1. The van der Waals surface area contributed by atoms with Crippen molar-refractivity contribution < 1.29 is 14.3 Å². The highest BCUT2D eigenvalue weighted by molar-refractivity contribution is 6.99. The van der Waals surface area contributed by atoms with Crippen molar-refractivity contribution in [2.45, 2.75) is 44.2 Å². The molecule has 2 aromatic carbocycles. The number of nitrogens with zero attached hydrogens (tertiary/aromatic N) is 2. The zero-order valence-corrected chi connectivity index (χ0v) is 20.7. The average molecular weight is 478 g/mol. The second-order valence-electron chi connectivity index (χ2n) is 9.56. The van der Waals surface area contributed by atoms with E-state index in [1.807, 2.05) is 36.4 Å². The van der Waals surface area contributed by atoms with E-state index in [9.17, 15) is 9.90 Å². The minimum Gasteiger partial charge on any atom is -0.405 e. The lowest BCUT2D eigenvalue weighted by Gasteiger charge is -2.43. The fourth-order valence-electron chi connectivity index (χ4n) is 4.66. The Hall–Kier alpha value is -3.04. The summed E-state index contributed by atoms with van der Waals surface area (Å²) in [6.07, 6.45) is -1.03. The maximum absolute atomic E-state index is 12.3. The van der Waals surface area contributed by atoms with Gasteiger partial charge < -0.3 is 20.0 Å². The summed E-state index contributed by atoms with van der Waals surface area (Å²) >= 11 is 0. The Bertz CT molecular complexity index is 1170. The molecule has 1 saturated heterocycles. The number of aliphatic hydroxyl groups is 1. The van der Waals surface area contributed by atoms with Crippen LogP contribution in [0.4, 0.5) is 5.82 Å². The maximum atomic E-state index is 12.3. The molecule has 1 aromatic heterocycles. The number of hydrogen-bond donors (Lipinski definition) is 2. The van der Waals surface area contributed by atoms with E-state index >= 15 is 0 Å². The molecule has 0 bridgehead atoms. The highest BCUT2D eigenvalue weighted by atomic mass is 28.4. The molecule has 3 N–H and O–H groups in total. The summed E-state index contributed by atoms with van der Waals surface area (Å²) in [5.74, 6) is 0.122. The number of hydrogen-bond acceptors (Lipinski definition) is 6. The molecule has 0 radical (unpaired) electrons. The monoisotopic (exact) mass is 477 g/mol. The number of rotatable bonds is 6. The van der Waals surface area contributed by atoms with Gasteiger partial charge in [0.1, 0.15) is 18.0 Å². The van der Waals surface area contributed by atoms with Gasteiger partial charge in [-0.2, -0.15) is 4.98 Å². The van der Waals surface area contributed by atoms with Gasteiger partial charge in [0.05, 0.1) is 6.61 Å². The van der Waals surface area contributed by atoms with E-state index in [4.69, 9.17) is 14.9 Å². The zero-order valence-electron chi connectivity index (χ0n) is 19.7. The molecular formula is C26H31N3O4Si. The minimum atomic E-state index is -2.81. The molecule has 0 amide bonds. The van der Waals surface area contributed by atoms with Crippen LogP contribution in [0.2, 0.25) is 5.04 Å². The lowest BCUT2D eigenvalue weighted by Crippen LogP contribution is -2.67. The van der Waals surface area contributed by atoms with Crippen LogP contribution in [0.15, 0.2) is 89.9 Å². The average Bonchev–Trinajstić information content (AvgIpc) is 3.08. The fourth-order valence-corrected chi connectivity index (χ4v) is 9.23. The van der Waals surface area contributed by atoms with Crippen LogP contribution in [-0.4, -0.2) is 41.8 Å². The highest BCUT2D eigenvalue weighted by Crippen LogP contribution is 2.38. The van der Waals surface area contributed by atoms with Gasteiger partial charge in [0.15, 0.2) is 6.23 Å². The summed E-state index contributed by atoms with van der Waals surface area (Å²) in [6, 6.07) is 22.0. The lowest BCUT2D eigenvalue weighted by molar-refractivity contribution is -0.0413. The van der Waals surface area contributed by atoms with Crippen molar-refractivity contribution in [2.24, 2.45) is 0 Å². The third-order valence-electron chi connectivity index (χ3n) is 6.34. The van der Waals surface area contributed by atoms with E-state index in [0.29, 0.717) is 5.57 Å². The third kappa shape index (κ3) is 4.25. The van der Waals surface area contributed by atoms with Gasteiger partial charge in [-0.1, -0.05) is 88.0 Å². The largest absolute Gasteiger partial charge is 0.405 e. The van der Waals surface area contributed by atoms with Gasteiger partial charge in [-0.15, -0.1) is 0 Å². The molecule has 0 spiro atoms. The Morgan fingerprint density at radius 1 is 1.09 bits per heavy atom. The summed E-state index contributed by atoms with van der Waals surface area (Å²) in [6.45, 7) is 10.7. The van der Waals surface area contributed by atoms with Gasteiger partial charge >= 0.3 is 5.69 Å². The Morgan fingerprint density at radius 2 is 1.65 bits per heavy atom. The van der Waals surface area contributed by atoms with Gasteiger partial charge in [-0.3, -0.25) is 4.57 Å². The number of nitrogen functional groups attached to an aromatic ring is 1. The predicted molar refractivity (Wildman–Crippen MR) is 136 cm³/mol. The van der Waals surface area contributed by atoms with Crippen LogP contribution in [0, 0.1) is 0 Å². The summed E-state index contributed by atoms with van der Waals surface area (Å²) in [7, 11) is -2.81. The van der Waals surface area contributed by atoms with Crippen molar-refractivity contribution in [3.8, 4) is 0 Å². The number of anilines is 1. The Morgan fingerprint density at radius 3 is 2.15 bits per heavy atom. The molecule has 3 atom stereocenters. The van der Waals surface area contributed by atoms with Gasteiger partial charge in [-0.05, 0) is 21.5 Å². The van der Waals surface area contributed by atoms with E-state index < -0.39 is 32.4 Å². The number of aliphatic hydroxyl groups excluding tert-OH is 1. The highest BCUT2D eigenvalue weighted by Gasteiger charge is 2.51. The first-order valence-electron chi connectivity index (χ1n) is 11.3. The van der Waals surface area contributed by atoms with Crippen LogP contribution >= 0.6 is 0 Å². The second-order valence-corrected chi connectivity index (χ2v) is 13.9. The molecule has 2 heterocycles. The first-order valence-corrected chi connectivity index (χ1v) is 13.2. The molecule has 0 unspecified atom stereocenters. The van der Waals surface area contributed by atoms with Crippen molar-refractivity contribution in [2.75, 3.05) is 12.3 Å². The van der Waals surface area contributed by atoms with E-state index in [1.54, 1.807) is 0 Å². The summed E-state index contributed by atoms with van der Waals surface area (Å²) in [5.41, 5.74) is 5.43. The molecule has 0 aliphatic carbocycles. The second kappa shape index (κ2) is 9.30. The van der Waals surface area contributed by atoms with Crippen molar-refractivity contribution in [1.82, 2.24) is 9.55 Å². The fraction of sp³-hybridized carbons (Fsp3) is 0.308. The Balaban J connectivity index is 1.68. The van der Waals surface area contributed by atoms with Crippen LogP contribution in [-0.2, 0) is 9.16 Å². The molecular weight excluding hydrogens is 446 g/mol. The summed E-state index contributed by atoms with van der Waals surface area (Å²) < 4.78 is 14.3. The quantitative estimate of drug-likeness (QED) is 0.417. The van der Waals surface area contributed by atoms with Crippen LogP contribution in [0.1, 0.15) is 27.0 Å². The van der Waals surface area contributed by atoms with Crippen LogP contribution in [0.3, 0.4) is 0 Å². The van der Waals surface area contributed by atoms with E-state index in [2.05, 4.69) is 56.6 Å². The third-order valence-corrected chi connectivity index (χ3v) is 11.3. The number of nitrogens with two attached hydrogens (primary N) is 1. The van der Waals surface area contributed by atoms with Gasteiger partial charge in [0.25, 0.3) is 8.32 Å². The molecule has 3 aromatic rings. The molecule has 1 fully saturated rings. The number of benzene rings is 2. The molecule has 178 valence electrons. The smallest absolute Gasteiger partial charge is 0.351 e. The molecule has 8 heteroatoms. The van der Waals surface area contributed by atoms with Crippen LogP contribution in [0.25, 0.3) is 0 Å². The van der Waals surface area contributed by atoms with E-state index in [-0.39, 0.29) is 17.5 Å².